The molecule has 1 fully saturated rings. The van der Waals surface area contributed by atoms with E-state index in [0.717, 1.165) is 18.9 Å². The zero-order valence-corrected chi connectivity index (χ0v) is 9.09. The molecule has 0 atom stereocenters. The highest BCUT2D eigenvalue weighted by Crippen LogP contribution is 2.29. The van der Waals surface area contributed by atoms with Gasteiger partial charge >= 0.3 is 5.97 Å². The molecule has 1 aliphatic rings. The van der Waals surface area contributed by atoms with Crippen LogP contribution in [0.5, 0.6) is 0 Å². The van der Waals surface area contributed by atoms with Crippen molar-refractivity contribution in [1.82, 2.24) is 0 Å². The van der Waals surface area contributed by atoms with Crippen molar-refractivity contribution in [2.45, 2.75) is 12.8 Å². The van der Waals surface area contributed by atoms with Gasteiger partial charge in [0.2, 0.25) is 0 Å². The highest BCUT2D eigenvalue weighted by atomic mass is 16.6. The second-order valence-electron chi connectivity index (χ2n) is 4.07. The van der Waals surface area contributed by atoms with E-state index < -0.39 is 10.9 Å². The number of carbonyl (C=O) groups excluding carboxylic acids is 1. The first kappa shape index (κ1) is 11.4. The average molecular weight is 236 g/mol. The molecule has 0 saturated heterocycles. The van der Waals surface area contributed by atoms with E-state index in [1.54, 1.807) is 0 Å². The lowest BCUT2D eigenvalue weighted by Gasteiger charge is -2.05. The van der Waals surface area contributed by atoms with Crippen molar-refractivity contribution in [1.29, 1.82) is 0 Å². The number of ether oxygens (including phenoxy) is 1. The summed E-state index contributed by atoms with van der Waals surface area (Å²) in [6.45, 7) is 0.398. The minimum absolute atomic E-state index is 0.0694. The fourth-order valence-corrected chi connectivity index (χ4v) is 1.41. The minimum atomic E-state index is -0.560. The Labute approximate surface area is 97.5 Å². The standard InChI is InChI=1S/C11H12N2O4/c12-10-5-8(13(15)16)3-4-9(10)11(14)17-6-7-1-2-7/h3-5,7H,1-2,6,12H2. The first-order valence-corrected chi connectivity index (χ1v) is 5.29. The van der Waals surface area contributed by atoms with Crippen LogP contribution in [0.1, 0.15) is 23.2 Å². The molecule has 0 heterocycles. The molecule has 1 saturated carbocycles. The van der Waals surface area contributed by atoms with Crippen LogP contribution >= 0.6 is 0 Å². The van der Waals surface area contributed by atoms with Crippen molar-refractivity contribution in [3.05, 3.63) is 33.9 Å². The van der Waals surface area contributed by atoms with E-state index in [-0.39, 0.29) is 16.9 Å². The molecular formula is C11H12N2O4. The number of nitro benzene ring substituents is 1. The number of nitrogen functional groups attached to an aromatic ring is 1. The molecule has 1 aromatic carbocycles. The van der Waals surface area contributed by atoms with Crippen molar-refractivity contribution in [2.24, 2.45) is 5.92 Å². The third-order valence-corrected chi connectivity index (χ3v) is 2.61. The van der Waals surface area contributed by atoms with Crippen molar-refractivity contribution in [3.8, 4) is 0 Å². The van der Waals surface area contributed by atoms with Gasteiger partial charge in [0.05, 0.1) is 22.8 Å². The summed E-state index contributed by atoms with van der Waals surface area (Å²) in [6.07, 6.45) is 2.17. The molecule has 1 aromatic rings. The fourth-order valence-electron chi connectivity index (χ4n) is 1.41. The number of esters is 1. The maximum atomic E-state index is 11.6. The molecule has 0 aromatic heterocycles. The van der Waals surface area contributed by atoms with E-state index in [0.29, 0.717) is 12.5 Å². The number of anilines is 1. The Morgan fingerprint density at radius 1 is 1.53 bits per heavy atom. The van der Waals surface area contributed by atoms with Crippen molar-refractivity contribution in [3.63, 3.8) is 0 Å². The molecule has 1 aliphatic carbocycles. The molecule has 17 heavy (non-hydrogen) atoms. The van der Waals surface area contributed by atoms with E-state index in [1.165, 1.54) is 12.1 Å². The Kier molecular flexibility index (Phi) is 2.95. The molecule has 2 rings (SSSR count). The summed E-state index contributed by atoms with van der Waals surface area (Å²) in [7, 11) is 0. The first-order valence-electron chi connectivity index (χ1n) is 5.29. The van der Waals surface area contributed by atoms with Gasteiger partial charge in [-0.3, -0.25) is 10.1 Å². The predicted molar refractivity (Wildman–Crippen MR) is 60.5 cm³/mol. The van der Waals surface area contributed by atoms with Crippen LogP contribution in [0.2, 0.25) is 0 Å². The summed E-state index contributed by atoms with van der Waals surface area (Å²) in [6, 6.07) is 3.72. The maximum Gasteiger partial charge on any atom is 0.340 e. The van der Waals surface area contributed by atoms with Crippen molar-refractivity contribution >= 4 is 17.3 Å². The SMILES string of the molecule is Nc1cc([N+](=O)[O-])ccc1C(=O)OCC1CC1. The van der Waals surface area contributed by atoms with E-state index in [9.17, 15) is 14.9 Å². The maximum absolute atomic E-state index is 11.6. The smallest absolute Gasteiger partial charge is 0.340 e. The van der Waals surface area contributed by atoms with Crippen LogP contribution in [-0.2, 0) is 4.74 Å². The first-order chi connectivity index (χ1) is 8.08. The summed E-state index contributed by atoms with van der Waals surface area (Å²) in [5.41, 5.74) is 5.69. The molecule has 0 bridgehead atoms. The molecule has 0 radical (unpaired) electrons. The summed E-state index contributed by atoms with van der Waals surface area (Å²) in [4.78, 5) is 21.5. The Morgan fingerprint density at radius 2 is 2.24 bits per heavy atom. The van der Waals surface area contributed by atoms with Crippen LogP contribution in [0.3, 0.4) is 0 Å². The van der Waals surface area contributed by atoms with E-state index in [2.05, 4.69) is 0 Å². The van der Waals surface area contributed by atoms with Gasteiger partial charge in [0.25, 0.3) is 5.69 Å². The number of carbonyl (C=O) groups is 1. The normalized spacial score (nSPS) is 14.4. The second-order valence-corrected chi connectivity index (χ2v) is 4.07. The van der Waals surface area contributed by atoms with Crippen LogP contribution in [0, 0.1) is 16.0 Å². The average Bonchev–Trinajstić information content (AvgIpc) is 3.09. The number of nitro groups is 1. The van der Waals surface area contributed by atoms with E-state index in [4.69, 9.17) is 10.5 Å². The molecule has 2 N–H and O–H groups in total. The number of nitrogens with zero attached hydrogens (tertiary/aromatic N) is 1. The van der Waals surface area contributed by atoms with Gasteiger partial charge in [-0.1, -0.05) is 0 Å². The summed E-state index contributed by atoms with van der Waals surface area (Å²) in [5.74, 6) is -0.0532. The monoisotopic (exact) mass is 236 g/mol. The minimum Gasteiger partial charge on any atom is -0.462 e. The summed E-state index contributed by atoms with van der Waals surface area (Å²) in [5, 5.41) is 10.5. The zero-order chi connectivity index (χ0) is 12.4. The quantitative estimate of drug-likeness (QED) is 0.372. The van der Waals surface area contributed by atoms with Crippen LogP contribution in [0.25, 0.3) is 0 Å². The number of non-ortho nitro benzene ring substituents is 1. The summed E-state index contributed by atoms with van der Waals surface area (Å²) < 4.78 is 5.04. The van der Waals surface area contributed by atoms with Crippen LogP contribution in [0.15, 0.2) is 18.2 Å². The van der Waals surface area contributed by atoms with Gasteiger partial charge in [-0.05, 0) is 24.8 Å². The number of hydrogen-bond acceptors (Lipinski definition) is 5. The molecule has 0 aliphatic heterocycles. The highest BCUT2D eigenvalue weighted by Gasteiger charge is 2.24. The molecule has 6 nitrogen and oxygen atoms in total. The van der Waals surface area contributed by atoms with Crippen LogP contribution in [0.4, 0.5) is 11.4 Å². The molecule has 0 unspecified atom stereocenters. The third-order valence-electron chi connectivity index (χ3n) is 2.61. The Morgan fingerprint density at radius 3 is 2.76 bits per heavy atom. The number of benzene rings is 1. The predicted octanol–water partition coefficient (Wildman–Crippen LogP) is 1.74. The van der Waals surface area contributed by atoms with Gasteiger partial charge in [0.15, 0.2) is 0 Å². The van der Waals surface area contributed by atoms with Crippen molar-refractivity contribution in [2.75, 3.05) is 12.3 Å². The Bertz CT molecular complexity index is 469. The van der Waals surface area contributed by atoms with Gasteiger partial charge < -0.3 is 10.5 Å². The van der Waals surface area contributed by atoms with Gasteiger partial charge in [-0.15, -0.1) is 0 Å². The largest absolute Gasteiger partial charge is 0.462 e. The Balaban J connectivity index is 2.08. The zero-order valence-electron chi connectivity index (χ0n) is 9.09. The summed E-state index contributed by atoms with van der Waals surface area (Å²) >= 11 is 0. The van der Waals surface area contributed by atoms with Crippen LogP contribution < -0.4 is 5.73 Å². The lowest BCUT2D eigenvalue weighted by molar-refractivity contribution is -0.384. The molecular weight excluding hydrogens is 224 g/mol. The van der Waals surface area contributed by atoms with Crippen LogP contribution in [-0.4, -0.2) is 17.5 Å². The molecule has 0 amide bonds. The van der Waals surface area contributed by atoms with Gasteiger partial charge in [0, 0.05) is 12.1 Å². The Hall–Kier alpha value is -2.11. The van der Waals surface area contributed by atoms with Gasteiger partial charge in [-0.25, -0.2) is 4.79 Å². The van der Waals surface area contributed by atoms with E-state index in [1.807, 2.05) is 0 Å². The fraction of sp³-hybridized carbons (Fsp3) is 0.364. The van der Waals surface area contributed by atoms with Gasteiger partial charge in [-0.2, -0.15) is 0 Å². The molecule has 6 heteroatoms. The topological polar surface area (TPSA) is 95.5 Å². The van der Waals surface area contributed by atoms with Gasteiger partial charge in [0.1, 0.15) is 0 Å². The lowest BCUT2D eigenvalue weighted by atomic mass is 10.1. The van der Waals surface area contributed by atoms with E-state index >= 15 is 0 Å². The molecule has 0 spiro atoms. The molecule has 90 valence electrons. The number of nitrogens with two attached hydrogens (primary N) is 1. The second kappa shape index (κ2) is 4.40. The highest BCUT2D eigenvalue weighted by molar-refractivity contribution is 5.95. The third kappa shape index (κ3) is 2.72. The number of hydrogen-bond donors (Lipinski definition) is 1. The lowest BCUT2D eigenvalue weighted by Crippen LogP contribution is -2.10. The number of rotatable bonds is 4. The van der Waals surface area contributed by atoms with Crippen molar-refractivity contribution < 1.29 is 14.5 Å².